The lowest BCUT2D eigenvalue weighted by Crippen LogP contribution is -2.30. The molecule has 0 bridgehead atoms. The number of amides is 1. The summed E-state index contributed by atoms with van der Waals surface area (Å²) in [4.78, 5) is 13.8. The van der Waals surface area contributed by atoms with Gasteiger partial charge in [0.15, 0.2) is 5.16 Å². The van der Waals surface area contributed by atoms with Crippen LogP contribution in [0.5, 0.6) is 0 Å². The number of thiophene rings is 1. The number of hydrogen-bond acceptors (Lipinski definition) is 5. The summed E-state index contributed by atoms with van der Waals surface area (Å²) in [6, 6.07) is 10.4. The van der Waals surface area contributed by atoms with E-state index in [9.17, 15) is 9.18 Å². The molecule has 2 aromatic heterocycles. The summed E-state index contributed by atoms with van der Waals surface area (Å²) in [5.41, 5.74) is 0.865. The molecule has 3 aromatic rings. The molecule has 2 saturated carbocycles. The first-order chi connectivity index (χ1) is 14.2. The van der Waals surface area contributed by atoms with Crippen LogP contribution < -0.4 is 5.32 Å². The van der Waals surface area contributed by atoms with E-state index in [2.05, 4.69) is 20.1 Å². The predicted octanol–water partition coefficient (Wildman–Crippen LogP) is 4.69. The molecule has 150 valence electrons. The maximum atomic E-state index is 13.3. The third-order valence-electron chi connectivity index (χ3n) is 5.21. The van der Waals surface area contributed by atoms with Crippen molar-refractivity contribution >= 4 is 29.0 Å². The van der Waals surface area contributed by atoms with Crippen molar-refractivity contribution in [3.8, 4) is 0 Å². The van der Waals surface area contributed by atoms with Crippen LogP contribution in [0.4, 0.5) is 4.39 Å². The van der Waals surface area contributed by atoms with Crippen molar-refractivity contribution in [2.45, 2.75) is 48.8 Å². The van der Waals surface area contributed by atoms with Gasteiger partial charge >= 0.3 is 0 Å². The molecule has 29 heavy (non-hydrogen) atoms. The van der Waals surface area contributed by atoms with E-state index < -0.39 is 0 Å². The van der Waals surface area contributed by atoms with Gasteiger partial charge in [-0.05, 0) is 54.8 Å². The molecule has 8 heteroatoms. The molecule has 1 aromatic carbocycles. The van der Waals surface area contributed by atoms with E-state index in [1.807, 2.05) is 17.5 Å². The highest BCUT2D eigenvalue weighted by Gasteiger charge is 2.36. The van der Waals surface area contributed by atoms with E-state index in [0.717, 1.165) is 21.4 Å². The molecule has 1 atom stereocenters. The van der Waals surface area contributed by atoms with Gasteiger partial charge in [0, 0.05) is 16.8 Å². The summed E-state index contributed by atoms with van der Waals surface area (Å²) < 4.78 is 15.6. The van der Waals surface area contributed by atoms with Crippen LogP contribution in [0.2, 0.25) is 0 Å². The topological polar surface area (TPSA) is 59.8 Å². The Labute approximate surface area is 176 Å². The third-order valence-corrected chi connectivity index (χ3v) is 7.09. The van der Waals surface area contributed by atoms with Gasteiger partial charge in [-0.2, -0.15) is 0 Å². The summed E-state index contributed by atoms with van der Waals surface area (Å²) in [6.07, 6.45) is 4.72. The van der Waals surface area contributed by atoms with Crippen LogP contribution in [-0.4, -0.2) is 26.4 Å². The minimum absolute atomic E-state index is 0.0731. The summed E-state index contributed by atoms with van der Waals surface area (Å²) in [5.74, 6) is 1.56. The van der Waals surface area contributed by atoms with Crippen molar-refractivity contribution in [1.82, 2.24) is 20.1 Å². The Kier molecular flexibility index (Phi) is 5.13. The van der Waals surface area contributed by atoms with Crippen LogP contribution in [-0.2, 0) is 4.79 Å². The SMILES string of the molecule is O=C(CSc1nnc(C2CC2)n1C1CC1)N[C@@H](c1ccc(F)cc1)c1cccs1. The number of carbonyl (C=O) groups excluding carboxylic acids is 1. The normalized spacial score (nSPS) is 17.3. The second-order valence-corrected chi connectivity index (χ2v) is 9.49. The average Bonchev–Trinajstić information content (AvgIpc) is 3.66. The molecule has 2 aliphatic rings. The zero-order valence-corrected chi connectivity index (χ0v) is 17.4. The maximum absolute atomic E-state index is 13.3. The molecule has 0 saturated heterocycles. The van der Waals surface area contributed by atoms with E-state index in [1.165, 1.54) is 49.6 Å². The number of hydrogen-bond donors (Lipinski definition) is 1. The molecular formula is C21H21FN4OS2. The van der Waals surface area contributed by atoms with Crippen LogP contribution in [0.1, 0.15) is 59.9 Å². The molecular weight excluding hydrogens is 407 g/mol. The number of thioether (sulfide) groups is 1. The molecule has 0 aliphatic heterocycles. The van der Waals surface area contributed by atoms with Crippen molar-refractivity contribution in [3.05, 3.63) is 63.9 Å². The Morgan fingerprint density at radius 2 is 2.00 bits per heavy atom. The van der Waals surface area contributed by atoms with Crippen LogP contribution in [0, 0.1) is 5.82 Å². The van der Waals surface area contributed by atoms with Gasteiger partial charge < -0.3 is 9.88 Å². The number of carbonyl (C=O) groups is 1. The molecule has 2 heterocycles. The van der Waals surface area contributed by atoms with Crippen molar-refractivity contribution in [2.24, 2.45) is 0 Å². The molecule has 0 radical (unpaired) electrons. The zero-order valence-electron chi connectivity index (χ0n) is 15.8. The molecule has 5 rings (SSSR count). The lowest BCUT2D eigenvalue weighted by molar-refractivity contribution is -0.119. The quantitative estimate of drug-likeness (QED) is 0.529. The van der Waals surface area contributed by atoms with Crippen molar-refractivity contribution in [1.29, 1.82) is 0 Å². The van der Waals surface area contributed by atoms with Gasteiger partial charge in [-0.3, -0.25) is 4.79 Å². The Morgan fingerprint density at radius 1 is 1.21 bits per heavy atom. The molecule has 2 aliphatic carbocycles. The van der Waals surface area contributed by atoms with Crippen LogP contribution >= 0.6 is 23.1 Å². The number of nitrogens with one attached hydrogen (secondary N) is 1. The fourth-order valence-electron chi connectivity index (χ4n) is 3.44. The molecule has 0 spiro atoms. The Morgan fingerprint density at radius 3 is 2.66 bits per heavy atom. The van der Waals surface area contributed by atoms with Gasteiger partial charge in [0.2, 0.25) is 5.91 Å². The van der Waals surface area contributed by atoms with Crippen molar-refractivity contribution in [3.63, 3.8) is 0 Å². The molecule has 0 unspecified atom stereocenters. The van der Waals surface area contributed by atoms with Crippen LogP contribution in [0.15, 0.2) is 46.9 Å². The maximum Gasteiger partial charge on any atom is 0.231 e. The monoisotopic (exact) mass is 428 g/mol. The van der Waals surface area contributed by atoms with E-state index in [-0.39, 0.29) is 23.5 Å². The van der Waals surface area contributed by atoms with E-state index in [0.29, 0.717) is 12.0 Å². The number of halogens is 1. The minimum Gasteiger partial charge on any atom is -0.344 e. The number of rotatable bonds is 8. The number of aromatic nitrogens is 3. The average molecular weight is 429 g/mol. The third kappa shape index (κ3) is 4.23. The Hall–Kier alpha value is -2.19. The summed E-state index contributed by atoms with van der Waals surface area (Å²) in [7, 11) is 0. The smallest absolute Gasteiger partial charge is 0.231 e. The van der Waals surface area contributed by atoms with E-state index in [1.54, 1.807) is 23.5 Å². The van der Waals surface area contributed by atoms with Crippen molar-refractivity contribution < 1.29 is 9.18 Å². The first-order valence-electron chi connectivity index (χ1n) is 9.85. The first kappa shape index (κ1) is 18.8. The van der Waals surface area contributed by atoms with Gasteiger partial charge in [0.25, 0.3) is 0 Å². The highest BCUT2D eigenvalue weighted by molar-refractivity contribution is 7.99. The van der Waals surface area contributed by atoms with Gasteiger partial charge in [0.1, 0.15) is 11.6 Å². The van der Waals surface area contributed by atoms with Crippen LogP contribution in [0.25, 0.3) is 0 Å². The Bertz CT molecular complexity index is 994. The van der Waals surface area contributed by atoms with Gasteiger partial charge in [-0.15, -0.1) is 21.5 Å². The highest BCUT2D eigenvalue weighted by atomic mass is 32.2. The second kappa shape index (κ2) is 7.91. The van der Waals surface area contributed by atoms with E-state index in [4.69, 9.17) is 0 Å². The molecule has 5 nitrogen and oxygen atoms in total. The summed E-state index contributed by atoms with van der Waals surface area (Å²) in [6.45, 7) is 0. The first-order valence-corrected chi connectivity index (χ1v) is 11.7. The zero-order chi connectivity index (χ0) is 19.8. The highest BCUT2D eigenvalue weighted by Crippen LogP contribution is 2.46. The summed E-state index contributed by atoms with van der Waals surface area (Å²) in [5, 5.41) is 14.7. The standard InChI is InChI=1S/C21H21FN4OS2/c22-15-7-5-13(6-8-15)19(17-2-1-11-28-17)23-18(27)12-29-21-25-24-20(14-3-4-14)26(21)16-9-10-16/h1-2,5-8,11,14,16,19H,3-4,9-10,12H2,(H,23,27)/t19-/m0/s1. The largest absolute Gasteiger partial charge is 0.344 e. The second-order valence-electron chi connectivity index (χ2n) is 7.57. The molecule has 1 N–H and O–H groups in total. The Balaban J connectivity index is 1.28. The summed E-state index contributed by atoms with van der Waals surface area (Å²) >= 11 is 3.02. The van der Waals surface area contributed by atoms with E-state index >= 15 is 0 Å². The van der Waals surface area contributed by atoms with Gasteiger partial charge in [-0.1, -0.05) is 30.0 Å². The fourth-order valence-corrected chi connectivity index (χ4v) is 5.07. The number of benzene rings is 1. The molecule has 1 amide bonds. The molecule has 2 fully saturated rings. The minimum atomic E-state index is -0.286. The predicted molar refractivity (Wildman–Crippen MR) is 112 cm³/mol. The lowest BCUT2D eigenvalue weighted by Gasteiger charge is -2.18. The van der Waals surface area contributed by atoms with Crippen LogP contribution in [0.3, 0.4) is 0 Å². The van der Waals surface area contributed by atoms with Gasteiger partial charge in [-0.25, -0.2) is 4.39 Å². The van der Waals surface area contributed by atoms with Gasteiger partial charge in [0.05, 0.1) is 11.8 Å². The lowest BCUT2D eigenvalue weighted by atomic mass is 10.1. The fraction of sp³-hybridized carbons (Fsp3) is 0.381. The van der Waals surface area contributed by atoms with Crippen molar-refractivity contribution in [2.75, 3.05) is 5.75 Å². The number of nitrogens with zero attached hydrogens (tertiary/aromatic N) is 3.